The number of rotatable bonds is 6. The van der Waals surface area contributed by atoms with E-state index in [1.165, 1.54) is 48.5 Å². The highest BCUT2D eigenvalue weighted by molar-refractivity contribution is 7.85. The van der Waals surface area contributed by atoms with Gasteiger partial charge in [0.2, 0.25) is 0 Å². The Hall–Kier alpha value is -2.94. The van der Waals surface area contributed by atoms with Crippen molar-refractivity contribution in [1.29, 1.82) is 0 Å². The molecule has 152 valence electrons. The van der Waals surface area contributed by atoms with Crippen molar-refractivity contribution in [3.8, 4) is 0 Å². The van der Waals surface area contributed by atoms with Crippen molar-refractivity contribution in [3.63, 3.8) is 0 Å². The lowest BCUT2D eigenvalue weighted by molar-refractivity contribution is -0.503. The van der Waals surface area contributed by atoms with Crippen LogP contribution in [0.4, 0.5) is 5.69 Å². The van der Waals surface area contributed by atoms with Gasteiger partial charge in [0.25, 0.3) is 15.8 Å². The summed E-state index contributed by atoms with van der Waals surface area (Å²) in [4.78, 5) is 19.1. The van der Waals surface area contributed by atoms with Crippen LogP contribution in [0, 0.1) is 20.2 Å². The standard InChI is InChI=1S/2C7H7NO5S/c9-8(10)7-4-2-1-3-6(7)5-14(11,12)13;9-8(10)7(14(11,12)13)6-4-2-1-3-5-6/h1-4H,5H2,(H,11,12,13);1-5,7H,(H,11,12,13). The average molecular weight is 434 g/mol. The lowest BCUT2D eigenvalue weighted by Gasteiger charge is -2.05. The highest BCUT2D eigenvalue weighted by Gasteiger charge is 2.36. The first-order chi connectivity index (χ1) is 12.8. The third-order valence-electron chi connectivity index (χ3n) is 3.08. The first-order valence-corrected chi connectivity index (χ1v) is 10.3. The van der Waals surface area contributed by atoms with Crippen molar-refractivity contribution >= 4 is 25.9 Å². The molecule has 0 aliphatic carbocycles. The molecule has 0 saturated carbocycles. The molecular weight excluding hydrogens is 420 g/mol. The molecular formula is C14H14N2O10S2. The van der Waals surface area contributed by atoms with Gasteiger partial charge in [0.15, 0.2) is 0 Å². The first-order valence-electron chi connectivity index (χ1n) is 7.15. The molecule has 0 heterocycles. The van der Waals surface area contributed by atoms with Crippen LogP contribution in [0.5, 0.6) is 0 Å². The quantitative estimate of drug-likeness (QED) is 0.384. The highest BCUT2D eigenvalue weighted by atomic mass is 32.2. The summed E-state index contributed by atoms with van der Waals surface area (Å²) in [5.41, 5.74) is -0.412. The van der Waals surface area contributed by atoms with E-state index in [1.807, 2.05) is 0 Å². The number of nitro benzene ring substituents is 1. The molecule has 0 saturated heterocycles. The second kappa shape index (κ2) is 9.32. The molecule has 12 nitrogen and oxygen atoms in total. The summed E-state index contributed by atoms with van der Waals surface area (Å²) in [6.07, 6.45) is 0. The fourth-order valence-corrected chi connectivity index (χ4v) is 3.38. The van der Waals surface area contributed by atoms with Crippen molar-refractivity contribution in [1.82, 2.24) is 0 Å². The van der Waals surface area contributed by atoms with Gasteiger partial charge in [0.1, 0.15) is 5.75 Å². The molecule has 0 aliphatic rings. The van der Waals surface area contributed by atoms with E-state index in [0.717, 1.165) is 0 Å². The van der Waals surface area contributed by atoms with E-state index < -0.39 is 41.2 Å². The summed E-state index contributed by atoms with van der Waals surface area (Å²) < 4.78 is 59.6. The Labute approximate surface area is 159 Å². The molecule has 1 unspecified atom stereocenters. The van der Waals surface area contributed by atoms with Crippen LogP contribution >= 0.6 is 0 Å². The van der Waals surface area contributed by atoms with Crippen LogP contribution in [0.1, 0.15) is 16.5 Å². The van der Waals surface area contributed by atoms with Gasteiger partial charge in [-0.2, -0.15) is 16.8 Å². The third kappa shape index (κ3) is 7.36. The molecule has 1 atom stereocenters. The normalized spacial score (nSPS) is 12.4. The zero-order valence-corrected chi connectivity index (χ0v) is 15.5. The molecule has 2 N–H and O–H groups in total. The fraction of sp³-hybridized carbons (Fsp3) is 0.143. The SMILES string of the molecule is O=[N+]([O-])C(c1ccccc1)S(=O)(=O)O.O=[N+]([O-])c1ccccc1CS(=O)(=O)O. The van der Waals surface area contributed by atoms with Crippen molar-refractivity contribution in [2.45, 2.75) is 11.1 Å². The van der Waals surface area contributed by atoms with Gasteiger partial charge >= 0.3 is 15.5 Å². The second-order valence-corrected chi connectivity index (χ2v) is 8.10. The van der Waals surface area contributed by atoms with Crippen molar-refractivity contribution in [2.75, 3.05) is 0 Å². The van der Waals surface area contributed by atoms with E-state index >= 15 is 0 Å². The van der Waals surface area contributed by atoms with Crippen LogP contribution in [-0.4, -0.2) is 35.8 Å². The number of para-hydroxylation sites is 1. The van der Waals surface area contributed by atoms with Gasteiger partial charge in [-0.1, -0.05) is 48.5 Å². The number of nitrogens with zero attached hydrogens (tertiary/aromatic N) is 2. The van der Waals surface area contributed by atoms with Crippen molar-refractivity contribution < 1.29 is 35.8 Å². The minimum Gasteiger partial charge on any atom is -0.285 e. The molecule has 28 heavy (non-hydrogen) atoms. The molecule has 0 radical (unpaired) electrons. The zero-order chi connectivity index (χ0) is 21.5. The zero-order valence-electron chi connectivity index (χ0n) is 13.9. The Balaban J connectivity index is 0.000000280. The van der Waals surface area contributed by atoms with Crippen molar-refractivity contribution in [3.05, 3.63) is 86.0 Å². The lowest BCUT2D eigenvalue weighted by Crippen LogP contribution is -2.20. The third-order valence-corrected chi connectivity index (χ3v) is 4.77. The van der Waals surface area contributed by atoms with Crippen LogP contribution in [0.15, 0.2) is 54.6 Å². The van der Waals surface area contributed by atoms with E-state index in [9.17, 15) is 37.1 Å². The fourth-order valence-electron chi connectivity index (χ4n) is 2.03. The van der Waals surface area contributed by atoms with Crippen LogP contribution < -0.4 is 0 Å². The molecule has 0 aromatic heterocycles. The van der Waals surface area contributed by atoms with Gasteiger partial charge in [-0.25, -0.2) is 0 Å². The minimum absolute atomic E-state index is 0.0278. The smallest absolute Gasteiger partial charge is 0.285 e. The van der Waals surface area contributed by atoms with Gasteiger partial charge in [-0.3, -0.25) is 29.3 Å². The molecule has 0 aliphatic heterocycles. The Kier molecular flexibility index (Phi) is 7.69. The molecule has 2 aromatic carbocycles. The average Bonchev–Trinajstić information content (AvgIpc) is 2.53. The van der Waals surface area contributed by atoms with Crippen molar-refractivity contribution in [2.24, 2.45) is 0 Å². The molecule has 0 bridgehead atoms. The Bertz CT molecular complexity index is 1050. The number of hydrogen-bond acceptors (Lipinski definition) is 8. The van der Waals surface area contributed by atoms with Crippen LogP contribution in [-0.2, 0) is 26.0 Å². The lowest BCUT2D eigenvalue weighted by atomic mass is 10.2. The first kappa shape index (κ1) is 23.1. The molecule has 2 aromatic rings. The van der Waals surface area contributed by atoms with Gasteiger partial charge in [0.05, 0.1) is 4.92 Å². The maximum absolute atomic E-state index is 10.7. The largest absolute Gasteiger partial charge is 0.359 e. The van der Waals surface area contributed by atoms with Crippen LogP contribution in [0.2, 0.25) is 0 Å². The Morgan fingerprint density at radius 2 is 1.36 bits per heavy atom. The molecule has 0 spiro atoms. The minimum atomic E-state index is -4.72. The predicted molar refractivity (Wildman–Crippen MR) is 96.1 cm³/mol. The maximum atomic E-state index is 10.7. The van der Waals surface area contributed by atoms with E-state index in [4.69, 9.17) is 9.11 Å². The second-order valence-electron chi connectivity index (χ2n) is 5.18. The Morgan fingerprint density at radius 3 is 1.79 bits per heavy atom. The maximum Gasteiger partial charge on any atom is 0.359 e. The van der Waals surface area contributed by atoms with E-state index in [0.29, 0.717) is 0 Å². The molecule has 0 amide bonds. The summed E-state index contributed by atoms with van der Waals surface area (Å²) >= 11 is 0. The summed E-state index contributed by atoms with van der Waals surface area (Å²) in [7, 11) is -8.95. The van der Waals surface area contributed by atoms with E-state index in [-0.39, 0.29) is 16.8 Å². The number of nitro groups is 2. The molecule has 2 rings (SSSR count). The van der Waals surface area contributed by atoms with Crippen LogP contribution in [0.25, 0.3) is 0 Å². The highest BCUT2D eigenvalue weighted by Crippen LogP contribution is 2.21. The molecule has 0 fully saturated rings. The predicted octanol–water partition coefficient (Wildman–Crippen LogP) is 1.83. The summed E-state index contributed by atoms with van der Waals surface area (Å²) in [5.74, 6) is -0.746. The number of benzene rings is 2. The topological polar surface area (TPSA) is 195 Å². The summed E-state index contributed by atoms with van der Waals surface area (Å²) in [6.45, 7) is 0. The van der Waals surface area contributed by atoms with Crippen LogP contribution in [0.3, 0.4) is 0 Å². The van der Waals surface area contributed by atoms with Gasteiger partial charge in [-0.15, -0.1) is 0 Å². The number of hydrogen-bond donors (Lipinski definition) is 2. The molecule has 14 heteroatoms. The van der Waals surface area contributed by atoms with Gasteiger partial charge in [0, 0.05) is 22.1 Å². The van der Waals surface area contributed by atoms with Gasteiger partial charge in [-0.05, 0) is 0 Å². The van der Waals surface area contributed by atoms with Gasteiger partial charge < -0.3 is 0 Å². The monoisotopic (exact) mass is 434 g/mol. The van der Waals surface area contributed by atoms with E-state index in [2.05, 4.69) is 0 Å². The Morgan fingerprint density at radius 1 is 0.857 bits per heavy atom. The summed E-state index contributed by atoms with van der Waals surface area (Å²) in [6, 6.07) is 12.4. The summed E-state index contributed by atoms with van der Waals surface area (Å²) in [5, 5.41) is 18.7. The van der Waals surface area contributed by atoms with E-state index in [1.54, 1.807) is 6.07 Å².